The van der Waals surface area contributed by atoms with Crippen LogP contribution in [0.4, 0.5) is 0 Å². The molecule has 3 heterocycles. The number of benzene rings is 1. The molecule has 2 saturated heterocycles. The van der Waals surface area contributed by atoms with Crippen molar-refractivity contribution >= 4 is 17.2 Å². The Balaban J connectivity index is 1.46. The van der Waals surface area contributed by atoms with E-state index in [1.807, 2.05) is 19.2 Å². The van der Waals surface area contributed by atoms with Gasteiger partial charge in [-0.1, -0.05) is 37.3 Å². The number of carbonyl (C=O) groups excluding carboxylic acids is 1. The Morgan fingerprint density at radius 2 is 1.92 bits per heavy atom. The van der Waals surface area contributed by atoms with E-state index in [0.717, 1.165) is 37.5 Å². The molecule has 1 aromatic heterocycles. The fraction of sp³-hybridized carbons (Fsp3) is 0.524. The Hall–Kier alpha value is -1.72. The molecule has 0 radical (unpaired) electrons. The predicted octanol–water partition coefficient (Wildman–Crippen LogP) is 4.18. The number of hydrogen-bond donors (Lipinski definition) is 0. The molecule has 2 aliphatic rings. The average Bonchev–Trinajstić information content (AvgIpc) is 3.42. The molecule has 2 fully saturated rings. The van der Waals surface area contributed by atoms with Crippen LogP contribution < -0.4 is 0 Å². The second-order valence-corrected chi connectivity index (χ2v) is 8.44. The van der Waals surface area contributed by atoms with Crippen molar-refractivity contribution in [1.29, 1.82) is 0 Å². The van der Waals surface area contributed by atoms with Gasteiger partial charge in [-0.15, -0.1) is 11.3 Å². The van der Waals surface area contributed by atoms with Gasteiger partial charge >= 0.3 is 0 Å². The minimum Gasteiger partial charge on any atom is -0.338 e. The predicted molar refractivity (Wildman–Crippen MR) is 106 cm³/mol. The average molecular weight is 370 g/mol. The van der Waals surface area contributed by atoms with Gasteiger partial charge in [-0.2, -0.15) is 0 Å². The summed E-state index contributed by atoms with van der Waals surface area (Å²) in [6.07, 6.45) is 7.41. The summed E-state index contributed by atoms with van der Waals surface area (Å²) in [6.45, 7) is 5.01. The van der Waals surface area contributed by atoms with E-state index in [1.165, 1.54) is 23.3 Å². The largest absolute Gasteiger partial charge is 0.338 e. The van der Waals surface area contributed by atoms with Crippen molar-refractivity contribution in [3.63, 3.8) is 0 Å². The first kappa shape index (κ1) is 17.7. The number of thiazole rings is 1. The number of carbonyl (C=O) groups is 1. The van der Waals surface area contributed by atoms with Crippen molar-refractivity contribution in [2.75, 3.05) is 13.1 Å². The summed E-state index contributed by atoms with van der Waals surface area (Å²) < 4.78 is 0. The number of likely N-dealkylation sites (tertiary alicyclic amines) is 2. The summed E-state index contributed by atoms with van der Waals surface area (Å²) >= 11 is 1.80. The summed E-state index contributed by atoms with van der Waals surface area (Å²) in [5, 5.41) is 1.10. The van der Waals surface area contributed by atoms with Crippen LogP contribution in [0.3, 0.4) is 0 Å². The molecule has 2 aliphatic heterocycles. The molecule has 1 amide bonds. The molecule has 5 heteroatoms. The van der Waals surface area contributed by atoms with Gasteiger partial charge in [0.15, 0.2) is 0 Å². The third-order valence-electron chi connectivity index (χ3n) is 5.71. The molecule has 2 aromatic rings. The highest BCUT2D eigenvalue weighted by Crippen LogP contribution is 2.33. The van der Waals surface area contributed by atoms with Gasteiger partial charge < -0.3 is 4.90 Å². The minimum atomic E-state index is 0.323. The molecular formula is C21H27N3OS. The standard InChI is InChI=1S/C21H27N3OS/c1-2-20(25)24-13-7-11-19(24)18-10-6-12-23(18)15-17-14-22-21(26-17)16-8-4-3-5-9-16/h3-5,8-9,14,18-19H,2,6-7,10-13,15H2,1H3/t18-,19-/m1/s1. The van der Waals surface area contributed by atoms with E-state index in [2.05, 4.69) is 39.0 Å². The third-order valence-corrected chi connectivity index (χ3v) is 6.74. The number of hydrogen-bond acceptors (Lipinski definition) is 4. The van der Waals surface area contributed by atoms with Crippen LogP contribution >= 0.6 is 11.3 Å². The lowest BCUT2D eigenvalue weighted by atomic mass is 10.0. The van der Waals surface area contributed by atoms with Crippen LogP contribution in [0, 0.1) is 0 Å². The monoisotopic (exact) mass is 369 g/mol. The fourth-order valence-corrected chi connectivity index (χ4v) is 5.43. The quantitative estimate of drug-likeness (QED) is 0.793. The number of rotatable bonds is 5. The molecule has 1 aromatic carbocycles. The van der Waals surface area contributed by atoms with Gasteiger partial charge in [-0.05, 0) is 32.2 Å². The van der Waals surface area contributed by atoms with E-state index in [9.17, 15) is 4.79 Å². The fourth-order valence-electron chi connectivity index (χ4n) is 4.48. The summed E-state index contributed by atoms with van der Waals surface area (Å²) in [5.74, 6) is 0.323. The first-order valence-electron chi connectivity index (χ1n) is 9.80. The zero-order valence-electron chi connectivity index (χ0n) is 15.4. The van der Waals surface area contributed by atoms with Crippen molar-refractivity contribution in [2.24, 2.45) is 0 Å². The molecule has 26 heavy (non-hydrogen) atoms. The van der Waals surface area contributed by atoms with E-state index in [4.69, 9.17) is 0 Å². The topological polar surface area (TPSA) is 36.4 Å². The van der Waals surface area contributed by atoms with Crippen molar-refractivity contribution in [1.82, 2.24) is 14.8 Å². The van der Waals surface area contributed by atoms with Crippen LogP contribution in [0.5, 0.6) is 0 Å². The molecule has 0 N–H and O–H groups in total. The van der Waals surface area contributed by atoms with Crippen LogP contribution in [-0.2, 0) is 11.3 Å². The maximum atomic E-state index is 12.3. The lowest BCUT2D eigenvalue weighted by molar-refractivity contribution is -0.132. The van der Waals surface area contributed by atoms with Crippen LogP contribution in [0.2, 0.25) is 0 Å². The summed E-state index contributed by atoms with van der Waals surface area (Å²) in [5.41, 5.74) is 1.19. The second-order valence-electron chi connectivity index (χ2n) is 7.33. The van der Waals surface area contributed by atoms with Crippen LogP contribution in [0.1, 0.15) is 43.9 Å². The third kappa shape index (κ3) is 3.55. The molecule has 0 bridgehead atoms. The highest BCUT2D eigenvalue weighted by molar-refractivity contribution is 7.15. The summed E-state index contributed by atoms with van der Waals surface area (Å²) in [6, 6.07) is 11.3. The molecule has 0 unspecified atom stereocenters. The van der Waals surface area contributed by atoms with Crippen molar-refractivity contribution in [3.8, 4) is 10.6 Å². The van der Waals surface area contributed by atoms with Crippen molar-refractivity contribution in [3.05, 3.63) is 41.4 Å². The van der Waals surface area contributed by atoms with Gasteiger partial charge in [0.2, 0.25) is 5.91 Å². The number of aromatic nitrogens is 1. The minimum absolute atomic E-state index is 0.323. The van der Waals surface area contributed by atoms with Gasteiger partial charge in [-0.3, -0.25) is 9.69 Å². The van der Waals surface area contributed by atoms with E-state index < -0.39 is 0 Å². The maximum absolute atomic E-state index is 12.3. The van der Waals surface area contributed by atoms with Gasteiger partial charge in [-0.25, -0.2) is 4.98 Å². The zero-order valence-corrected chi connectivity index (χ0v) is 16.3. The first-order valence-corrected chi connectivity index (χ1v) is 10.6. The van der Waals surface area contributed by atoms with Crippen LogP contribution in [0.15, 0.2) is 36.5 Å². The van der Waals surface area contributed by atoms with Crippen LogP contribution in [-0.4, -0.2) is 45.9 Å². The molecule has 138 valence electrons. The number of nitrogens with zero attached hydrogens (tertiary/aromatic N) is 3. The molecule has 4 nitrogen and oxygen atoms in total. The van der Waals surface area contributed by atoms with Gasteiger partial charge in [0.05, 0.1) is 0 Å². The molecule has 0 saturated carbocycles. The molecule has 4 rings (SSSR count). The van der Waals surface area contributed by atoms with Gasteiger partial charge in [0.25, 0.3) is 0 Å². The molecular weight excluding hydrogens is 342 g/mol. The normalized spacial score (nSPS) is 23.7. The van der Waals surface area contributed by atoms with Crippen molar-refractivity contribution < 1.29 is 4.79 Å². The SMILES string of the molecule is CCC(=O)N1CCC[C@@H]1[C@H]1CCCN1Cc1cnc(-c2ccccc2)s1. The molecule has 0 aliphatic carbocycles. The Morgan fingerprint density at radius 1 is 1.15 bits per heavy atom. The first-order chi connectivity index (χ1) is 12.8. The van der Waals surface area contributed by atoms with Gasteiger partial charge in [0, 0.05) is 48.2 Å². The Kier molecular flexibility index (Phi) is 5.36. The van der Waals surface area contributed by atoms with E-state index in [-0.39, 0.29) is 0 Å². The van der Waals surface area contributed by atoms with Crippen LogP contribution in [0.25, 0.3) is 10.6 Å². The summed E-state index contributed by atoms with van der Waals surface area (Å²) in [7, 11) is 0. The van der Waals surface area contributed by atoms with Gasteiger partial charge in [0.1, 0.15) is 5.01 Å². The Morgan fingerprint density at radius 3 is 2.73 bits per heavy atom. The second kappa shape index (κ2) is 7.89. The van der Waals surface area contributed by atoms with E-state index in [1.54, 1.807) is 11.3 Å². The maximum Gasteiger partial charge on any atom is 0.222 e. The Labute approximate surface area is 159 Å². The highest BCUT2D eigenvalue weighted by atomic mass is 32.1. The smallest absolute Gasteiger partial charge is 0.222 e. The van der Waals surface area contributed by atoms with E-state index in [0.29, 0.717) is 24.4 Å². The van der Waals surface area contributed by atoms with Crippen molar-refractivity contribution in [2.45, 2.75) is 57.7 Å². The Bertz CT molecular complexity index is 745. The van der Waals surface area contributed by atoms with E-state index >= 15 is 0 Å². The summed E-state index contributed by atoms with van der Waals surface area (Å²) in [4.78, 5) is 23.0. The number of amides is 1. The molecule has 2 atom stereocenters. The lowest BCUT2D eigenvalue weighted by Gasteiger charge is -2.34. The lowest BCUT2D eigenvalue weighted by Crippen LogP contribution is -2.47. The zero-order chi connectivity index (χ0) is 17.9. The highest BCUT2D eigenvalue weighted by Gasteiger charge is 2.39. The molecule has 0 spiro atoms.